The monoisotopic (exact) mass is 426 g/mol. The third kappa shape index (κ3) is 3.62. The van der Waals surface area contributed by atoms with Crippen molar-refractivity contribution < 1.29 is 24.1 Å². The molecule has 0 radical (unpaired) electrons. The highest BCUT2D eigenvalue weighted by Crippen LogP contribution is 2.23. The second kappa shape index (κ2) is 7.70. The van der Waals surface area contributed by atoms with Crippen LogP contribution < -0.4 is 9.13 Å². The lowest BCUT2D eigenvalue weighted by Crippen LogP contribution is -2.48. The minimum Gasteiger partial charge on any atom is -0.459 e. The van der Waals surface area contributed by atoms with E-state index in [9.17, 15) is 15.0 Å². The molecule has 0 aliphatic carbocycles. The van der Waals surface area contributed by atoms with Gasteiger partial charge in [0.05, 0.1) is 0 Å². The number of halogens is 2. The van der Waals surface area contributed by atoms with Crippen molar-refractivity contribution in [2.75, 3.05) is 0 Å². The Hall–Kier alpha value is -3.15. The first-order chi connectivity index (χ1) is 14.0. The number of carbonyl (C=O) groups excluding carboxylic acids is 1. The van der Waals surface area contributed by atoms with Crippen LogP contribution in [0.4, 0.5) is 0 Å². The number of rotatable bonds is 4. The van der Waals surface area contributed by atoms with Crippen LogP contribution in [-0.4, -0.2) is 16.0 Å². The normalized spacial score (nSPS) is 11.0. The van der Waals surface area contributed by atoms with E-state index in [1.54, 1.807) is 72.8 Å². The van der Waals surface area contributed by atoms with Gasteiger partial charge in [0.2, 0.25) is 23.5 Å². The van der Waals surface area contributed by atoms with Gasteiger partial charge < -0.3 is 10.2 Å². The molecule has 0 unspecified atom stereocenters. The van der Waals surface area contributed by atoms with E-state index >= 15 is 0 Å². The maximum atomic E-state index is 12.8. The topological polar surface area (TPSA) is 65.3 Å². The molecule has 3 aromatic carbocycles. The van der Waals surface area contributed by atoms with Crippen molar-refractivity contribution in [2.24, 2.45) is 0 Å². The molecule has 7 heteroatoms. The van der Waals surface area contributed by atoms with E-state index in [1.807, 2.05) is 0 Å². The van der Waals surface area contributed by atoms with Crippen LogP contribution in [0.3, 0.4) is 0 Å². The van der Waals surface area contributed by atoms with E-state index in [0.717, 1.165) is 0 Å². The summed E-state index contributed by atoms with van der Waals surface area (Å²) in [6, 6.07) is 20.0. The molecule has 0 amide bonds. The standard InChI is InChI=1S/C22H14Cl2N2O3/c23-15-10-8-14(9-11-15)20(27)13-25-19-7-2-1-6-18(19)21(28)26(22(25)29)17-5-3-4-16(24)12-17/h1-12H,13H2/p+2. The number of hydrogen-bond acceptors (Lipinski definition) is 3. The van der Waals surface area contributed by atoms with Gasteiger partial charge in [-0.2, -0.15) is 0 Å². The molecular weight excluding hydrogens is 411 g/mol. The highest BCUT2D eigenvalue weighted by Gasteiger charge is 2.36. The average Bonchev–Trinajstić information content (AvgIpc) is 2.72. The Bertz CT molecular complexity index is 1240. The minimum atomic E-state index is -0.300. The number of benzene rings is 3. The second-order valence-electron chi connectivity index (χ2n) is 6.47. The van der Waals surface area contributed by atoms with Gasteiger partial charge in [-0.05, 0) is 41.0 Å². The quantitative estimate of drug-likeness (QED) is 0.382. The van der Waals surface area contributed by atoms with Crippen LogP contribution in [0, 0.1) is 0 Å². The minimum absolute atomic E-state index is 0.130. The number of carbonyl (C=O) groups is 1. The summed E-state index contributed by atoms with van der Waals surface area (Å²) >= 11 is 12.0. The maximum Gasteiger partial charge on any atom is 0.638 e. The van der Waals surface area contributed by atoms with Crippen LogP contribution in [0.25, 0.3) is 16.6 Å². The first-order valence-corrected chi connectivity index (χ1v) is 9.54. The Morgan fingerprint density at radius 3 is 2.31 bits per heavy atom. The van der Waals surface area contributed by atoms with Crippen molar-refractivity contribution in [2.45, 2.75) is 6.54 Å². The summed E-state index contributed by atoms with van der Waals surface area (Å²) in [5, 5.41) is 23.3. The number of ketones is 1. The van der Waals surface area contributed by atoms with Gasteiger partial charge in [0.15, 0.2) is 5.39 Å². The van der Waals surface area contributed by atoms with E-state index in [4.69, 9.17) is 23.2 Å². The second-order valence-corrected chi connectivity index (χ2v) is 7.35. The molecule has 4 aromatic rings. The Morgan fingerprint density at radius 2 is 1.59 bits per heavy atom. The molecule has 1 aromatic heterocycles. The number of aromatic hydroxyl groups is 2. The Labute approximate surface area is 176 Å². The third-order valence-electron chi connectivity index (χ3n) is 4.62. The van der Waals surface area contributed by atoms with Gasteiger partial charge in [0, 0.05) is 33.8 Å². The number of fused-ring (bicyclic) bond motifs is 1. The molecule has 2 N–H and O–H groups in total. The fraction of sp³-hybridized carbons (Fsp3) is 0.0455. The molecule has 0 fully saturated rings. The van der Waals surface area contributed by atoms with Crippen LogP contribution in [0.15, 0.2) is 72.8 Å². The van der Waals surface area contributed by atoms with Gasteiger partial charge in [-0.25, -0.2) is 0 Å². The number of aromatic nitrogens is 2. The van der Waals surface area contributed by atoms with Gasteiger partial charge in [-0.3, -0.25) is 4.79 Å². The van der Waals surface area contributed by atoms with Crippen LogP contribution in [0.5, 0.6) is 11.9 Å². The lowest BCUT2D eigenvalue weighted by molar-refractivity contribution is -0.774. The molecule has 0 aliphatic heterocycles. The van der Waals surface area contributed by atoms with Crippen molar-refractivity contribution in [1.29, 1.82) is 0 Å². The summed E-state index contributed by atoms with van der Waals surface area (Å²) in [7, 11) is 0. The molecule has 0 saturated heterocycles. The number of para-hydroxylation sites is 1. The zero-order chi connectivity index (χ0) is 20.5. The third-order valence-corrected chi connectivity index (χ3v) is 5.11. The number of hydrogen-bond donors (Lipinski definition) is 2. The highest BCUT2D eigenvalue weighted by atomic mass is 35.5. The number of nitrogens with zero attached hydrogens (tertiary/aromatic N) is 2. The first kappa shape index (κ1) is 19.2. The first-order valence-electron chi connectivity index (χ1n) is 8.79. The van der Waals surface area contributed by atoms with E-state index in [1.165, 1.54) is 9.13 Å². The van der Waals surface area contributed by atoms with Crippen LogP contribution in [0.2, 0.25) is 10.0 Å². The van der Waals surface area contributed by atoms with Gasteiger partial charge in [0.25, 0.3) is 0 Å². The lowest BCUT2D eigenvalue weighted by Gasteiger charge is -2.05. The summed E-state index contributed by atoms with van der Waals surface area (Å²) in [5.74, 6) is -0.369. The molecule has 29 heavy (non-hydrogen) atoms. The van der Waals surface area contributed by atoms with Crippen molar-refractivity contribution in [3.63, 3.8) is 0 Å². The van der Waals surface area contributed by atoms with Crippen LogP contribution in [-0.2, 0) is 6.54 Å². The van der Waals surface area contributed by atoms with E-state index < -0.39 is 0 Å². The molecule has 0 spiro atoms. The highest BCUT2D eigenvalue weighted by molar-refractivity contribution is 6.31. The zero-order valence-electron chi connectivity index (χ0n) is 15.1. The molecule has 144 valence electrons. The van der Waals surface area contributed by atoms with Crippen LogP contribution >= 0.6 is 23.2 Å². The summed E-state index contributed by atoms with van der Waals surface area (Å²) in [6.07, 6.45) is 0. The smallest absolute Gasteiger partial charge is 0.459 e. The predicted octanol–water partition coefficient (Wildman–Crippen LogP) is 4.00. The Morgan fingerprint density at radius 1 is 0.862 bits per heavy atom. The fourth-order valence-corrected chi connectivity index (χ4v) is 3.53. The largest absolute Gasteiger partial charge is 0.638 e. The zero-order valence-corrected chi connectivity index (χ0v) is 16.6. The summed E-state index contributed by atoms with van der Waals surface area (Å²) in [4.78, 5) is 12.8. The molecule has 0 bridgehead atoms. The Balaban J connectivity index is 1.91. The number of Topliss-reactive ketones (excluding diaryl/α,β-unsaturated/α-hetero) is 1. The average molecular weight is 427 g/mol. The fourth-order valence-electron chi connectivity index (χ4n) is 3.22. The van der Waals surface area contributed by atoms with Crippen molar-refractivity contribution in [3.8, 4) is 17.6 Å². The van der Waals surface area contributed by atoms with Crippen molar-refractivity contribution >= 4 is 39.9 Å². The van der Waals surface area contributed by atoms with E-state index in [2.05, 4.69) is 0 Å². The van der Waals surface area contributed by atoms with E-state index in [-0.39, 0.29) is 24.2 Å². The maximum absolute atomic E-state index is 12.8. The van der Waals surface area contributed by atoms with Crippen molar-refractivity contribution in [3.05, 3.63) is 88.4 Å². The lowest BCUT2D eigenvalue weighted by atomic mass is 10.1. The summed E-state index contributed by atoms with van der Waals surface area (Å²) in [5.41, 5.74) is 1.45. The summed E-state index contributed by atoms with van der Waals surface area (Å²) in [6.45, 7) is -0.130. The van der Waals surface area contributed by atoms with Gasteiger partial charge in [-0.15, -0.1) is 0 Å². The predicted molar refractivity (Wildman–Crippen MR) is 110 cm³/mol. The van der Waals surface area contributed by atoms with Crippen molar-refractivity contribution in [1.82, 2.24) is 0 Å². The Kier molecular flexibility index (Phi) is 5.09. The van der Waals surface area contributed by atoms with Gasteiger partial charge in [0.1, 0.15) is 0 Å². The molecule has 0 atom stereocenters. The molecular formula is C22H16Cl2N2O3+2. The van der Waals surface area contributed by atoms with E-state index in [0.29, 0.717) is 32.2 Å². The molecule has 0 saturated carbocycles. The molecule has 0 aliphatic rings. The SMILES string of the molecule is O=C(C[n+]1c(O)[n+](-c2cccc(Cl)c2)c(O)c2ccccc21)c1ccc(Cl)cc1. The molecule has 5 nitrogen and oxygen atoms in total. The van der Waals surface area contributed by atoms with Crippen LogP contribution in [0.1, 0.15) is 10.4 Å². The summed E-state index contributed by atoms with van der Waals surface area (Å²) < 4.78 is 2.70. The van der Waals surface area contributed by atoms with Gasteiger partial charge in [-0.1, -0.05) is 46.0 Å². The van der Waals surface area contributed by atoms with Gasteiger partial charge >= 0.3 is 11.9 Å². The molecule has 1 heterocycles. The molecule has 4 rings (SSSR count).